The summed E-state index contributed by atoms with van der Waals surface area (Å²) in [6.07, 6.45) is -1.49. The number of nitrogens with two attached hydrogens (primary N) is 1. The summed E-state index contributed by atoms with van der Waals surface area (Å²) in [5.41, 5.74) is 7.49. The molecule has 0 saturated heterocycles. The van der Waals surface area contributed by atoms with Crippen LogP contribution in [0.5, 0.6) is 0 Å². The van der Waals surface area contributed by atoms with E-state index in [4.69, 9.17) is 5.73 Å². The third kappa shape index (κ3) is 2.00. The summed E-state index contributed by atoms with van der Waals surface area (Å²) in [5, 5.41) is 0. The van der Waals surface area contributed by atoms with E-state index in [0.29, 0.717) is 0 Å². The average molecular weight is 215 g/mol. The Morgan fingerprint density at radius 2 is 1.80 bits per heavy atom. The molecule has 0 amide bonds. The fourth-order valence-electron chi connectivity index (χ4n) is 1.97. The maximum Gasteiger partial charge on any atom is 0.407 e. The zero-order valence-corrected chi connectivity index (χ0v) is 8.14. The van der Waals surface area contributed by atoms with Gasteiger partial charge in [-0.1, -0.05) is 18.2 Å². The molecule has 4 heteroatoms. The van der Waals surface area contributed by atoms with Crippen LogP contribution in [-0.2, 0) is 12.8 Å². The Hall–Kier alpha value is -1.03. The van der Waals surface area contributed by atoms with E-state index in [0.717, 1.165) is 30.4 Å². The zero-order chi connectivity index (χ0) is 11.1. The highest BCUT2D eigenvalue weighted by atomic mass is 19.4. The number of aryl methyl sites for hydroxylation is 2. The van der Waals surface area contributed by atoms with Crippen molar-refractivity contribution in [1.29, 1.82) is 0 Å². The maximum absolute atomic E-state index is 12.4. The van der Waals surface area contributed by atoms with Gasteiger partial charge in [-0.25, -0.2) is 0 Å². The third-order valence-corrected chi connectivity index (χ3v) is 2.83. The van der Waals surface area contributed by atoms with Gasteiger partial charge in [0.15, 0.2) is 0 Å². The molecule has 0 heterocycles. The van der Waals surface area contributed by atoms with Gasteiger partial charge in [-0.05, 0) is 36.0 Å². The summed E-state index contributed by atoms with van der Waals surface area (Å²) in [6, 6.07) is 3.00. The fraction of sp³-hybridized carbons (Fsp3) is 0.455. The molecular formula is C11H12F3N. The van der Waals surface area contributed by atoms with Crippen LogP contribution in [0.4, 0.5) is 13.2 Å². The average Bonchev–Trinajstić information content (AvgIpc) is 2.61. The van der Waals surface area contributed by atoms with Gasteiger partial charge in [0.25, 0.3) is 0 Å². The molecule has 1 aliphatic carbocycles. The van der Waals surface area contributed by atoms with Crippen LogP contribution >= 0.6 is 0 Å². The molecule has 0 aliphatic heterocycles. The molecule has 0 saturated carbocycles. The van der Waals surface area contributed by atoms with Crippen LogP contribution in [0.1, 0.15) is 29.2 Å². The van der Waals surface area contributed by atoms with Crippen LogP contribution in [0.2, 0.25) is 0 Å². The third-order valence-electron chi connectivity index (χ3n) is 2.83. The highest BCUT2D eigenvalue weighted by Crippen LogP contribution is 2.32. The van der Waals surface area contributed by atoms with Crippen molar-refractivity contribution in [3.8, 4) is 0 Å². The topological polar surface area (TPSA) is 26.0 Å². The molecule has 0 spiro atoms. The summed E-state index contributed by atoms with van der Waals surface area (Å²) in [6.45, 7) is 0. The van der Waals surface area contributed by atoms with Crippen LogP contribution in [0.25, 0.3) is 0 Å². The van der Waals surface area contributed by atoms with Gasteiger partial charge in [-0.2, -0.15) is 13.2 Å². The molecule has 82 valence electrons. The predicted octanol–water partition coefficient (Wildman–Crippen LogP) is 2.74. The Bertz CT molecular complexity index is 371. The van der Waals surface area contributed by atoms with Crippen LogP contribution in [0.15, 0.2) is 18.2 Å². The second-order valence-corrected chi connectivity index (χ2v) is 3.90. The van der Waals surface area contributed by atoms with Crippen molar-refractivity contribution < 1.29 is 13.2 Å². The zero-order valence-electron chi connectivity index (χ0n) is 8.14. The summed E-state index contributed by atoms with van der Waals surface area (Å²) < 4.78 is 37.1. The Morgan fingerprint density at radius 1 is 1.13 bits per heavy atom. The molecule has 1 aliphatic rings. The highest BCUT2D eigenvalue weighted by molar-refractivity contribution is 5.36. The highest BCUT2D eigenvalue weighted by Gasteiger charge is 2.38. The first kappa shape index (κ1) is 10.5. The minimum Gasteiger partial charge on any atom is -0.316 e. The number of halogens is 3. The Kier molecular flexibility index (Phi) is 2.46. The molecule has 2 N–H and O–H groups in total. The number of benzene rings is 1. The summed E-state index contributed by atoms with van der Waals surface area (Å²) in [4.78, 5) is 0. The van der Waals surface area contributed by atoms with Crippen molar-refractivity contribution in [2.24, 2.45) is 5.73 Å². The minimum absolute atomic E-state index is 0.170. The van der Waals surface area contributed by atoms with Crippen LogP contribution in [0.3, 0.4) is 0 Å². The van der Waals surface area contributed by atoms with Crippen molar-refractivity contribution in [3.05, 3.63) is 34.9 Å². The van der Waals surface area contributed by atoms with Gasteiger partial charge in [0, 0.05) is 0 Å². The largest absolute Gasteiger partial charge is 0.407 e. The molecule has 0 fully saturated rings. The molecule has 0 aromatic heterocycles. The van der Waals surface area contributed by atoms with Gasteiger partial charge < -0.3 is 5.73 Å². The lowest BCUT2D eigenvalue weighted by Gasteiger charge is -2.16. The van der Waals surface area contributed by atoms with Gasteiger partial charge >= 0.3 is 6.18 Å². The number of alkyl halides is 3. The van der Waals surface area contributed by atoms with E-state index in [2.05, 4.69) is 0 Å². The van der Waals surface area contributed by atoms with Gasteiger partial charge in [0.05, 0.1) is 0 Å². The van der Waals surface area contributed by atoms with Gasteiger partial charge in [-0.15, -0.1) is 0 Å². The summed E-state index contributed by atoms with van der Waals surface area (Å²) in [5.74, 6) is 0. The second kappa shape index (κ2) is 3.52. The maximum atomic E-state index is 12.4. The molecule has 0 radical (unpaired) electrons. The van der Waals surface area contributed by atoms with Crippen molar-refractivity contribution >= 4 is 0 Å². The monoisotopic (exact) mass is 215 g/mol. The number of hydrogen-bond donors (Lipinski definition) is 1. The quantitative estimate of drug-likeness (QED) is 0.765. The van der Waals surface area contributed by atoms with E-state index >= 15 is 0 Å². The van der Waals surface area contributed by atoms with E-state index in [-0.39, 0.29) is 5.56 Å². The molecular weight excluding hydrogens is 203 g/mol. The Labute approximate surface area is 86.1 Å². The van der Waals surface area contributed by atoms with Gasteiger partial charge in [0.2, 0.25) is 0 Å². The number of rotatable bonds is 1. The molecule has 1 aromatic rings. The van der Waals surface area contributed by atoms with E-state index in [1.165, 1.54) is 6.07 Å². The molecule has 2 rings (SSSR count). The van der Waals surface area contributed by atoms with Gasteiger partial charge in [0.1, 0.15) is 6.04 Å². The summed E-state index contributed by atoms with van der Waals surface area (Å²) in [7, 11) is 0. The van der Waals surface area contributed by atoms with E-state index in [9.17, 15) is 13.2 Å². The van der Waals surface area contributed by atoms with Crippen molar-refractivity contribution in [2.75, 3.05) is 0 Å². The number of fused-ring (bicyclic) bond motifs is 1. The first-order valence-electron chi connectivity index (χ1n) is 4.92. The van der Waals surface area contributed by atoms with Crippen LogP contribution in [0, 0.1) is 0 Å². The van der Waals surface area contributed by atoms with Crippen molar-refractivity contribution in [2.45, 2.75) is 31.5 Å². The first-order chi connectivity index (χ1) is 6.98. The molecule has 1 aromatic carbocycles. The summed E-state index contributed by atoms with van der Waals surface area (Å²) >= 11 is 0. The van der Waals surface area contributed by atoms with E-state index < -0.39 is 12.2 Å². The molecule has 1 nitrogen and oxygen atoms in total. The molecule has 0 bridgehead atoms. The standard InChI is InChI=1S/C11H12F3N/c12-11(13,14)10(15)9-5-4-7-2-1-3-8(7)6-9/h4-6,10H,1-3,15H2/t10-/m1/s1. The predicted molar refractivity (Wildman–Crippen MR) is 51.5 cm³/mol. The van der Waals surface area contributed by atoms with Crippen LogP contribution < -0.4 is 5.73 Å². The fourth-order valence-corrected chi connectivity index (χ4v) is 1.97. The lowest BCUT2D eigenvalue weighted by Crippen LogP contribution is -2.28. The SMILES string of the molecule is N[C@H](c1ccc2c(c1)CCC2)C(F)(F)F. The lowest BCUT2D eigenvalue weighted by atomic mass is 10.0. The van der Waals surface area contributed by atoms with Gasteiger partial charge in [-0.3, -0.25) is 0 Å². The van der Waals surface area contributed by atoms with Crippen molar-refractivity contribution in [1.82, 2.24) is 0 Å². The normalized spacial score (nSPS) is 17.6. The number of hydrogen-bond acceptors (Lipinski definition) is 1. The minimum atomic E-state index is -4.35. The molecule has 15 heavy (non-hydrogen) atoms. The second-order valence-electron chi connectivity index (χ2n) is 3.90. The molecule has 0 unspecified atom stereocenters. The van der Waals surface area contributed by atoms with Crippen molar-refractivity contribution in [3.63, 3.8) is 0 Å². The smallest absolute Gasteiger partial charge is 0.316 e. The van der Waals surface area contributed by atoms with E-state index in [1.54, 1.807) is 12.1 Å². The Balaban J connectivity index is 2.31. The lowest BCUT2D eigenvalue weighted by molar-refractivity contribution is -0.149. The Morgan fingerprint density at radius 3 is 2.47 bits per heavy atom. The molecule has 1 atom stereocenters. The first-order valence-corrected chi connectivity index (χ1v) is 4.92. The van der Waals surface area contributed by atoms with Crippen LogP contribution in [-0.4, -0.2) is 6.18 Å². The van der Waals surface area contributed by atoms with E-state index in [1.807, 2.05) is 0 Å².